The molecule has 4 nitrogen and oxygen atoms in total. The third-order valence-corrected chi connectivity index (χ3v) is 1.91. The second-order valence-corrected chi connectivity index (χ2v) is 2.95. The van der Waals surface area contributed by atoms with Crippen LogP contribution in [0.5, 0.6) is 0 Å². The van der Waals surface area contributed by atoms with Gasteiger partial charge in [-0.05, 0) is 13.3 Å². The smallest absolute Gasteiger partial charge is 0.313 e. The van der Waals surface area contributed by atoms with Crippen LogP contribution in [-0.2, 0) is 14.3 Å². The van der Waals surface area contributed by atoms with E-state index < -0.39 is 11.9 Å². The standard InChI is InChI=1S/C9H18O4/c1-4-7(2)13-6-8(5-10)9(11)12-3/h7-8,10H,4-6H2,1-3H3. The molecular weight excluding hydrogens is 172 g/mol. The Morgan fingerprint density at radius 1 is 1.54 bits per heavy atom. The van der Waals surface area contributed by atoms with Gasteiger partial charge in [-0.15, -0.1) is 0 Å². The van der Waals surface area contributed by atoms with Gasteiger partial charge in [0.25, 0.3) is 0 Å². The molecule has 2 unspecified atom stereocenters. The van der Waals surface area contributed by atoms with Gasteiger partial charge >= 0.3 is 5.97 Å². The number of carbonyl (C=O) groups excluding carboxylic acids is 1. The molecule has 0 aliphatic carbocycles. The average Bonchev–Trinajstić information content (AvgIpc) is 2.17. The molecule has 0 radical (unpaired) electrons. The highest BCUT2D eigenvalue weighted by atomic mass is 16.5. The molecule has 1 N–H and O–H groups in total. The number of aliphatic hydroxyl groups is 1. The first-order valence-corrected chi connectivity index (χ1v) is 4.45. The SMILES string of the molecule is CCC(C)OCC(CO)C(=O)OC. The molecule has 0 spiro atoms. The average molecular weight is 190 g/mol. The van der Waals surface area contributed by atoms with E-state index in [1.54, 1.807) is 0 Å². The molecule has 0 heterocycles. The van der Waals surface area contributed by atoms with Gasteiger partial charge in [0.05, 0.1) is 26.4 Å². The van der Waals surface area contributed by atoms with Crippen LogP contribution in [0.4, 0.5) is 0 Å². The molecule has 0 aliphatic rings. The third-order valence-electron chi connectivity index (χ3n) is 1.91. The van der Waals surface area contributed by atoms with Crippen molar-refractivity contribution in [3.63, 3.8) is 0 Å². The van der Waals surface area contributed by atoms with Gasteiger partial charge in [-0.3, -0.25) is 4.79 Å². The Morgan fingerprint density at radius 3 is 2.54 bits per heavy atom. The van der Waals surface area contributed by atoms with Gasteiger partial charge in [-0.1, -0.05) is 6.92 Å². The third kappa shape index (κ3) is 4.85. The predicted molar refractivity (Wildman–Crippen MR) is 48.3 cm³/mol. The molecule has 0 amide bonds. The summed E-state index contributed by atoms with van der Waals surface area (Å²) in [5.41, 5.74) is 0. The summed E-state index contributed by atoms with van der Waals surface area (Å²) < 4.78 is 9.80. The van der Waals surface area contributed by atoms with E-state index in [1.165, 1.54) is 7.11 Å². The molecular formula is C9H18O4. The topological polar surface area (TPSA) is 55.8 Å². The highest BCUT2D eigenvalue weighted by molar-refractivity contribution is 5.72. The van der Waals surface area contributed by atoms with Crippen molar-refractivity contribution in [3.05, 3.63) is 0 Å². The summed E-state index contributed by atoms with van der Waals surface area (Å²) in [6.07, 6.45) is 0.998. The number of aliphatic hydroxyl groups excluding tert-OH is 1. The first kappa shape index (κ1) is 12.4. The van der Waals surface area contributed by atoms with E-state index in [4.69, 9.17) is 9.84 Å². The summed E-state index contributed by atoms with van der Waals surface area (Å²) >= 11 is 0. The highest BCUT2D eigenvalue weighted by Crippen LogP contribution is 2.03. The number of methoxy groups -OCH3 is 1. The molecule has 0 rings (SSSR count). The quantitative estimate of drug-likeness (QED) is 0.622. The molecule has 0 aromatic rings. The van der Waals surface area contributed by atoms with Crippen LogP contribution in [0.2, 0.25) is 0 Å². The Hall–Kier alpha value is -0.610. The summed E-state index contributed by atoms with van der Waals surface area (Å²) in [5.74, 6) is -0.982. The predicted octanol–water partition coefficient (Wildman–Crippen LogP) is 0.583. The van der Waals surface area contributed by atoms with Crippen molar-refractivity contribution in [2.24, 2.45) is 5.92 Å². The fourth-order valence-corrected chi connectivity index (χ4v) is 0.760. The molecule has 0 aromatic heterocycles. The zero-order valence-corrected chi connectivity index (χ0v) is 8.45. The molecule has 0 saturated heterocycles. The number of hydrogen-bond acceptors (Lipinski definition) is 4. The second-order valence-electron chi connectivity index (χ2n) is 2.95. The maximum absolute atomic E-state index is 11.0. The van der Waals surface area contributed by atoms with Crippen LogP contribution in [0.1, 0.15) is 20.3 Å². The van der Waals surface area contributed by atoms with E-state index in [0.29, 0.717) is 0 Å². The lowest BCUT2D eigenvalue weighted by Crippen LogP contribution is -2.26. The number of ether oxygens (including phenoxy) is 2. The molecule has 0 saturated carbocycles. The van der Waals surface area contributed by atoms with Gasteiger partial charge in [0, 0.05) is 0 Å². The number of hydrogen-bond donors (Lipinski definition) is 1. The molecule has 0 aromatic carbocycles. The van der Waals surface area contributed by atoms with Crippen molar-refractivity contribution < 1.29 is 19.4 Å². The molecule has 0 aliphatic heterocycles. The normalized spacial score (nSPS) is 15.1. The molecule has 0 fully saturated rings. The monoisotopic (exact) mass is 190 g/mol. The Bertz CT molecular complexity index is 147. The van der Waals surface area contributed by atoms with Crippen LogP contribution < -0.4 is 0 Å². The van der Waals surface area contributed by atoms with Crippen molar-refractivity contribution >= 4 is 5.97 Å². The van der Waals surface area contributed by atoms with Crippen molar-refractivity contribution in [3.8, 4) is 0 Å². The van der Waals surface area contributed by atoms with E-state index in [0.717, 1.165) is 6.42 Å². The lowest BCUT2D eigenvalue weighted by Gasteiger charge is -2.15. The second kappa shape index (κ2) is 6.86. The van der Waals surface area contributed by atoms with E-state index in [9.17, 15) is 4.79 Å². The number of rotatable bonds is 6. The summed E-state index contributed by atoms with van der Waals surface area (Å²) in [7, 11) is 1.30. The van der Waals surface area contributed by atoms with Gasteiger partial charge in [-0.25, -0.2) is 0 Å². The summed E-state index contributed by atoms with van der Waals surface area (Å²) in [6.45, 7) is 3.91. The molecule has 13 heavy (non-hydrogen) atoms. The molecule has 0 bridgehead atoms. The lowest BCUT2D eigenvalue weighted by molar-refractivity contribution is -0.150. The van der Waals surface area contributed by atoms with Crippen molar-refractivity contribution in [2.75, 3.05) is 20.3 Å². The summed E-state index contributed by atoms with van der Waals surface area (Å²) in [4.78, 5) is 11.0. The Labute approximate surface area is 78.8 Å². The van der Waals surface area contributed by atoms with Crippen LogP contribution in [0.3, 0.4) is 0 Å². The number of carbonyl (C=O) groups is 1. The zero-order valence-electron chi connectivity index (χ0n) is 8.45. The summed E-state index contributed by atoms with van der Waals surface area (Å²) in [6, 6.07) is 0. The first-order valence-electron chi connectivity index (χ1n) is 4.45. The Balaban J connectivity index is 3.78. The maximum Gasteiger partial charge on any atom is 0.313 e. The van der Waals surface area contributed by atoms with E-state index >= 15 is 0 Å². The van der Waals surface area contributed by atoms with Crippen molar-refractivity contribution in [1.82, 2.24) is 0 Å². The molecule has 4 heteroatoms. The van der Waals surface area contributed by atoms with E-state index in [2.05, 4.69) is 4.74 Å². The van der Waals surface area contributed by atoms with E-state index in [1.807, 2.05) is 13.8 Å². The van der Waals surface area contributed by atoms with Gasteiger partial charge in [0.1, 0.15) is 5.92 Å². The molecule has 78 valence electrons. The van der Waals surface area contributed by atoms with E-state index in [-0.39, 0.29) is 19.3 Å². The lowest BCUT2D eigenvalue weighted by atomic mass is 10.2. The van der Waals surface area contributed by atoms with Crippen molar-refractivity contribution in [1.29, 1.82) is 0 Å². The van der Waals surface area contributed by atoms with Gasteiger partial charge < -0.3 is 14.6 Å². The fraction of sp³-hybridized carbons (Fsp3) is 0.889. The van der Waals surface area contributed by atoms with Crippen LogP contribution in [0.15, 0.2) is 0 Å². The minimum absolute atomic E-state index is 0.110. The fourth-order valence-electron chi connectivity index (χ4n) is 0.760. The minimum Gasteiger partial charge on any atom is -0.469 e. The largest absolute Gasteiger partial charge is 0.469 e. The number of esters is 1. The Kier molecular flexibility index (Phi) is 6.54. The van der Waals surface area contributed by atoms with Gasteiger partial charge in [0.2, 0.25) is 0 Å². The summed E-state index contributed by atoms with van der Waals surface area (Å²) in [5, 5.41) is 8.83. The van der Waals surface area contributed by atoms with Crippen LogP contribution >= 0.6 is 0 Å². The van der Waals surface area contributed by atoms with Crippen LogP contribution in [0.25, 0.3) is 0 Å². The highest BCUT2D eigenvalue weighted by Gasteiger charge is 2.18. The minimum atomic E-state index is -0.556. The Morgan fingerprint density at radius 2 is 2.15 bits per heavy atom. The van der Waals surface area contributed by atoms with Crippen LogP contribution in [0, 0.1) is 5.92 Å². The van der Waals surface area contributed by atoms with Gasteiger partial charge in [-0.2, -0.15) is 0 Å². The van der Waals surface area contributed by atoms with Crippen LogP contribution in [-0.4, -0.2) is 37.5 Å². The first-order chi connectivity index (χ1) is 6.15. The zero-order chi connectivity index (χ0) is 10.3. The molecule has 2 atom stereocenters. The van der Waals surface area contributed by atoms with Crippen molar-refractivity contribution in [2.45, 2.75) is 26.4 Å². The van der Waals surface area contributed by atoms with Gasteiger partial charge in [0.15, 0.2) is 0 Å². The maximum atomic E-state index is 11.0.